The Bertz CT molecular complexity index is 271. The highest BCUT2D eigenvalue weighted by Gasteiger charge is 2.37. The molecule has 0 aromatic rings. The molecule has 0 aliphatic carbocycles. The molecule has 0 aliphatic rings. The number of carbonyl (C=O) groups excluding carboxylic acids is 1. The van der Waals surface area contributed by atoms with Crippen molar-refractivity contribution in [3.63, 3.8) is 0 Å². The minimum atomic E-state index is -1.03. The summed E-state index contributed by atoms with van der Waals surface area (Å²) in [5.41, 5.74) is 3.76. The maximum absolute atomic E-state index is 11.6. The molecule has 0 rings (SSSR count). The Morgan fingerprint density at radius 2 is 2.00 bits per heavy atom. The van der Waals surface area contributed by atoms with E-state index >= 15 is 0 Å². The van der Waals surface area contributed by atoms with Gasteiger partial charge in [-0.05, 0) is 27.7 Å². The second kappa shape index (κ2) is 4.65. The van der Waals surface area contributed by atoms with E-state index in [2.05, 4.69) is 11.2 Å². The van der Waals surface area contributed by atoms with E-state index in [0.717, 1.165) is 0 Å². The van der Waals surface area contributed by atoms with Gasteiger partial charge in [0.25, 0.3) is 0 Å². The number of amides is 1. The fraction of sp³-hybridized carbons (Fsp3) is 0.727. The summed E-state index contributed by atoms with van der Waals surface area (Å²) in [4.78, 5) is 11.6. The first-order chi connectivity index (χ1) is 6.62. The van der Waals surface area contributed by atoms with Crippen molar-refractivity contribution in [3.05, 3.63) is 0 Å². The van der Waals surface area contributed by atoms with E-state index in [1.807, 2.05) is 0 Å². The third kappa shape index (κ3) is 3.90. The highest BCUT2D eigenvalue weighted by molar-refractivity contribution is 5.82. The number of hydrogen-bond acceptors (Lipinski definition) is 3. The fourth-order valence-electron chi connectivity index (χ4n) is 0.773. The summed E-state index contributed by atoms with van der Waals surface area (Å²) in [5.74, 6) is 1.98. The van der Waals surface area contributed by atoms with Crippen molar-refractivity contribution < 1.29 is 9.90 Å². The van der Waals surface area contributed by atoms with Crippen molar-refractivity contribution in [3.8, 4) is 12.3 Å². The maximum Gasteiger partial charge on any atom is 0.238 e. The second-order valence-corrected chi connectivity index (χ2v) is 4.69. The van der Waals surface area contributed by atoms with E-state index in [-0.39, 0.29) is 12.3 Å². The Morgan fingerprint density at radius 3 is 2.33 bits per heavy atom. The monoisotopic (exact) mass is 212 g/mol. The fourth-order valence-corrected chi connectivity index (χ4v) is 0.773. The lowest BCUT2D eigenvalue weighted by molar-refractivity contribution is -0.127. The minimum absolute atomic E-state index is 0.188. The van der Waals surface area contributed by atoms with Gasteiger partial charge in [-0.25, -0.2) is 0 Å². The smallest absolute Gasteiger partial charge is 0.238 e. The van der Waals surface area contributed by atoms with Crippen LogP contribution in [0.15, 0.2) is 0 Å². The maximum atomic E-state index is 11.6. The van der Waals surface area contributed by atoms with E-state index < -0.39 is 17.2 Å². The molecule has 0 aromatic heterocycles. The predicted octanol–water partition coefficient (Wildman–Crippen LogP) is 0.00270. The van der Waals surface area contributed by atoms with Crippen molar-refractivity contribution in [1.82, 2.24) is 5.32 Å². The predicted molar refractivity (Wildman–Crippen MR) is 59.9 cm³/mol. The van der Waals surface area contributed by atoms with Crippen LogP contribution in [0.5, 0.6) is 0 Å². The molecule has 4 N–H and O–H groups in total. The molecule has 0 radical (unpaired) electrons. The van der Waals surface area contributed by atoms with Crippen LogP contribution in [0.4, 0.5) is 0 Å². The van der Waals surface area contributed by atoms with Crippen LogP contribution in [0.3, 0.4) is 0 Å². The molecule has 0 spiro atoms. The average Bonchev–Trinajstić information content (AvgIpc) is 2.01. The minimum Gasteiger partial charge on any atom is -0.388 e. The molecular formula is C11H20N2O2. The second-order valence-electron chi connectivity index (χ2n) is 4.69. The van der Waals surface area contributed by atoms with Crippen molar-refractivity contribution >= 4 is 5.91 Å². The summed E-state index contributed by atoms with van der Waals surface area (Å²) in [6.07, 6.45) is 5.25. The van der Waals surface area contributed by atoms with Gasteiger partial charge >= 0.3 is 0 Å². The Morgan fingerprint density at radius 1 is 1.53 bits per heavy atom. The highest BCUT2D eigenvalue weighted by atomic mass is 16.3. The van der Waals surface area contributed by atoms with E-state index in [1.54, 1.807) is 27.7 Å². The average molecular weight is 212 g/mol. The lowest BCUT2D eigenvalue weighted by atomic mass is 9.85. The van der Waals surface area contributed by atoms with Crippen molar-refractivity contribution in [2.75, 3.05) is 0 Å². The number of terminal acetylenes is 1. The number of aliphatic hydroxyl groups is 1. The molecular weight excluding hydrogens is 192 g/mol. The topological polar surface area (TPSA) is 75.4 Å². The number of carbonyl (C=O) groups is 1. The number of hydrogen-bond donors (Lipinski definition) is 3. The number of nitrogens with two attached hydrogens (primary N) is 1. The molecule has 0 fully saturated rings. The Balaban J connectivity index is 4.49. The van der Waals surface area contributed by atoms with Gasteiger partial charge in [-0.1, -0.05) is 0 Å². The molecule has 0 saturated carbocycles. The van der Waals surface area contributed by atoms with Crippen LogP contribution in [0.2, 0.25) is 0 Å². The van der Waals surface area contributed by atoms with Crippen LogP contribution in [0.25, 0.3) is 0 Å². The van der Waals surface area contributed by atoms with Gasteiger partial charge in [0, 0.05) is 6.42 Å². The van der Waals surface area contributed by atoms with Crippen LogP contribution >= 0.6 is 0 Å². The molecule has 0 aliphatic heterocycles. The molecule has 86 valence electrons. The van der Waals surface area contributed by atoms with Gasteiger partial charge < -0.3 is 16.2 Å². The summed E-state index contributed by atoms with van der Waals surface area (Å²) in [5, 5.41) is 12.5. The lowest BCUT2D eigenvalue weighted by Gasteiger charge is -2.38. The van der Waals surface area contributed by atoms with E-state index in [1.165, 1.54) is 0 Å². The first kappa shape index (κ1) is 13.9. The van der Waals surface area contributed by atoms with Crippen molar-refractivity contribution in [2.24, 2.45) is 5.73 Å². The van der Waals surface area contributed by atoms with Crippen LogP contribution in [0.1, 0.15) is 34.1 Å². The molecule has 0 saturated heterocycles. The first-order valence-electron chi connectivity index (χ1n) is 4.85. The van der Waals surface area contributed by atoms with Gasteiger partial charge in [0.1, 0.15) is 0 Å². The number of rotatable bonds is 4. The Hall–Kier alpha value is -1.05. The van der Waals surface area contributed by atoms with Gasteiger partial charge in [0.2, 0.25) is 5.91 Å². The van der Waals surface area contributed by atoms with E-state index in [0.29, 0.717) is 0 Å². The summed E-state index contributed by atoms with van der Waals surface area (Å²) in [7, 11) is 0. The molecule has 0 bridgehead atoms. The summed E-state index contributed by atoms with van der Waals surface area (Å²) < 4.78 is 0. The molecule has 1 atom stereocenters. The molecule has 1 unspecified atom stereocenters. The van der Waals surface area contributed by atoms with E-state index in [4.69, 9.17) is 12.2 Å². The third-order valence-corrected chi connectivity index (χ3v) is 2.64. The molecule has 15 heavy (non-hydrogen) atoms. The Kier molecular flexibility index (Phi) is 4.32. The van der Waals surface area contributed by atoms with Gasteiger partial charge in [-0.15, -0.1) is 12.3 Å². The molecule has 4 nitrogen and oxygen atoms in total. The zero-order valence-electron chi connectivity index (χ0n) is 9.79. The van der Waals surface area contributed by atoms with Crippen molar-refractivity contribution in [1.29, 1.82) is 0 Å². The molecule has 0 heterocycles. The quantitative estimate of drug-likeness (QED) is 0.574. The van der Waals surface area contributed by atoms with Gasteiger partial charge in [0.15, 0.2) is 0 Å². The molecule has 0 aromatic carbocycles. The number of nitrogens with one attached hydrogen (secondary N) is 1. The van der Waals surface area contributed by atoms with E-state index in [9.17, 15) is 9.90 Å². The first-order valence-corrected chi connectivity index (χ1v) is 4.85. The third-order valence-electron chi connectivity index (χ3n) is 2.64. The zero-order chi connectivity index (χ0) is 12.3. The zero-order valence-corrected chi connectivity index (χ0v) is 9.79. The largest absolute Gasteiger partial charge is 0.388 e. The summed E-state index contributed by atoms with van der Waals surface area (Å²) >= 11 is 0. The summed E-state index contributed by atoms with van der Waals surface area (Å²) in [6.45, 7) is 6.71. The van der Waals surface area contributed by atoms with Crippen LogP contribution in [0, 0.1) is 12.3 Å². The van der Waals surface area contributed by atoms with Gasteiger partial charge in [-0.2, -0.15) is 0 Å². The molecule has 4 heteroatoms. The molecule has 1 amide bonds. The van der Waals surface area contributed by atoms with Crippen LogP contribution in [-0.4, -0.2) is 28.2 Å². The van der Waals surface area contributed by atoms with Crippen LogP contribution < -0.4 is 11.1 Å². The van der Waals surface area contributed by atoms with Crippen molar-refractivity contribution in [2.45, 2.75) is 51.3 Å². The Labute approximate surface area is 91.2 Å². The highest BCUT2D eigenvalue weighted by Crippen LogP contribution is 2.20. The summed E-state index contributed by atoms with van der Waals surface area (Å²) in [6, 6.07) is -0.725. The van der Waals surface area contributed by atoms with Gasteiger partial charge in [0.05, 0.1) is 17.2 Å². The lowest BCUT2D eigenvalue weighted by Crippen LogP contribution is -2.60. The van der Waals surface area contributed by atoms with Gasteiger partial charge in [-0.3, -0.25) is 4.79 Å². The SMILES string of the molecule is C#CCC(N)C(=O)NC(C)(C)C(C)(C)O. The van der Waals surface area contributed by atoms with Crippen LogP contribution in [-0.2, 0) is 4.79 Å². The standard InChI is InChI=1S/C11H20N2O2/c1-6-7-8(12)9(14)13-10(2,3)11(4,5)15/h1,8,15H,7,12H2,2-5H3,(H,13,14). The normalized spacial score (nSPS) is 14.2.